The van der Waals surface area contributed by atoms with Crippen molar-refractivity contribution >= 4 is 45.4 Å². The van der Waals surface area contributed by atoms with Gasteiger partial charge in [-0.3, -0.25) is 9.59 Å². The minimum Gasteiger partial charge on any atom is -0.349 e. The van der Waals surface area contributed by atoms with Crippen LogP contribution < -0.4 is 5.32 Å². The summed E-state index contributed by atoms with van der Waals surface area (Å²) in [6.07, 6.45) is 6.13. The Hall–Kier alpha value is -2.84. The molecule has 5 rings (SSSR count). The number of aromatic nitrogens is 3. The predicted molar refractivity (Wildman–Crippen MR) is 133 cm³/mol. The van der Waals surface area contributed by atoms with Crippen LogP contribution in [-0.2, 0) is 0 Å². The monoisotopic (exact) mass is 478 g/mol. The molecular weight excluding hydrogens is 452 g/mol. The Labute approximate surface area is 200 Å². The SMILES string of the molecule is CCC(=O)c1ccc2c(c1)nc(-c1nccs1)n2C1CCCC(NC(=O)c2ccc(C)s2)C1. The molecule has 33 heavy (non-hydrogen) atoms. The lowest BCUT2D eigenvalue weighted by Crippen LogP contribution is -2.38. The van der Waals surface area contributed by atoms with Crippen LogP contribution in [0.2, 0.25) is 0 Å². The Morgan fingerprint density at radius 1 is 1.21 bits per heavy atom. The fourth-order valence-corrected chi connectivity index (χ4v) is 6.07. The molecule has 1 amide bonds. The van der Waals surface area contributed by atoms with E-state index in [4.69, 9.17) is 4.98 Å². The first kappa shape index (κ1) is 22.0. The summed E-state index contributed by atoms with van der Waals surface area (Å²) in [5, 5.41) is 6.08. The van der Waals surface area contributed by atoms with E-state index < -0.39 is 0 Å². The number of amides is 1. The van der Waals surface area contributed by atoms with Crippen molar-refractivity contribution in [2.24, 2.45) is 0 Å². The number of benzene rings is 1. The molecule has 4 aromatic rings. The number of thiazole rings is 1. The number of ketones is 1. The number of nitrogens with zero attached hydrogens (tertiary/aromatic N) is 3. The molecule has 3 heterocycles. The average molecular weight is 479 g/mol. The van der Waals surface area contributed by atoms with Gasteiger partial charge in [0.05, 0.1) is 15.9 Å². The first-order valence-corrected chi connectivity index (χ1v) is 13.1. The topological polar surface area (TPSA) is 76.9 Å². The lowest BCUT2D eigenvalue weighted by Gasteiger charge is -2.31. The van der Waals surface area contributed by atoms with Gasteiger partial charge in [0.2, 0.25) is 0 Å². The highest BCUT2D eigenvalue weighted by molar-refractivity contribution is 7.14. The fraction of sp³-hybridized carbons (Fsp3) is 0.360. The Bertz CT molecular complexity index is 1310. The van der Waals surface area contributed by atoms with Crippen molar-refractivity contribution < 1.29 is 9.59 Å². The number of thiophene rings is 1. The third kappa shape index (κ3) is 4.37. The van der Waals surface area contributed by atoms with Crippen LogP contribution in [0.3, 0.4) is 0 Å². The number of fused-ring (bicyclic) bond motifs is 1. The Morgan fingerprint density at radius 2 is 2.09 bits per heavy atom. The summed E-state index contributed by atoms with van der Waals surface area (Å²) < 4.78 is 2.28. The van der Waals surface area contributed by atoms with E-state index in [1.807, 2.05) is 49.6 Å². The number of aryl methyl sites for hydroxylation is 1. The summed E-state index contributed by atoms with van der Waals surface area (Å²) in [4.78, 5) is 36.4. The average Bonchev–Trinajstić information content (AvgIpc) is 3.57. The Kier molecular flexibility index (Phi) is 6.12. The molecule has 1 aromatic carbocycles. The number of rotatable bonds is 6. The third-order valence-corrected chi connectivity index (χ3v) is 8.04. The molecule has 0 aliphatic heterocycles. The molecule has 0 spiro atoms. The predicted octanol–water partition coefficient (Wildman–Crippen LogP) is 6.04. The Morgan fingerprint density at radius 3 is 2.82 bits per heavy atom. The molecule has 0 radical (unpaired) electrons. The van der Waals surface area contributed by atoms with Gasteiger partial charge in [-0.25, -0.2) is 9.97 Å². The van der Waals surface area contributed by atoms with Crippen molar-refractivity contribution in [3.8, 4) is 10.8 Å². The maximum absolute atomic E-state index is 12.8. The molecule has 170 valence electrons. The standard InChI is InChI=1S/C25H26N4O2S2/c1-3-21(30)16-8-9-20-19(13-16)28-23(25-26-11-12-32-25)29(20)18-6-4-5-17(14-18)27-24(31)22-10-7-15(2)33-22/h7-13,17-18H,3-6,14H2,1-2H3,(H,27,31). The lowest BCUT2D eigenvalue weighted by molar-refractivity contribution is 0.0924. The van der Waals surface area contributed by atoms with Crippen molar-refractivity contribution in [2.45, 2.75) is 58.0 Å². The second kappa shape index (κ2) is 9.19. The number of imidazole rings is 1. The van der Waals surface area contributed by atoms with E-state index in [1.54, 1.807) is 17.5 Å². The van der Waals surface area contributed by atoms with Crippen LogP contribution in [0.25, 0.3) is 21.9 Å². The van der Waals surface area contributed by atoms with Crippen LogP contribution in [0.1, 0.15) is 70.0 Å². The minimum atomic E-state index is 0.0112. The highest BCUT2D eigenvalue weighted by Gasteiger charge is 2.29. The summed E-state index contributed by atoms with van der Waals surface area (Å²) in [7, 11) is 0. The first-order valence-electron chi connectivity index (χ1n) is 11.4. The summed E-state index contributed by atoms with van der Waals surface area (Å²) in [5.74, 6) is 0.968. The van der Waals surface area contributed by atoms with Crippen molar-refractivity contribution in [3.63, 3.8) is 0 Å². The molecule has 8 heteroatoms. The van der Waals surface area contributed by atoms with E-state index >= 15 is 0 Å². The van der Waals surface area contributed by atoms with Gasteiger partial charge >= 0.3 is 0 Å². The molecule has 3 aromatic heterocycles. The zero-order chi connectivity index (χ0) is 22.9. The number of Topliss-reactive ketones (excluding diaryl/α,β-unsaturated/α-hetero) is 1. The van der Waals surface area contributed by atoms with Crippen LogP contribution >= 0.6 is 22.7 Å². The number of hydrogen-bond donors (Lipinski definition) is 1. The van der Waals surface area contributed by atoms with Gasteiger partial charge in [-0.2, -0.15) is 0 Å². The molecule has 1 saturated carbocycles. The van der Waals surface area contributed by atoms with E-state index in [0.717, 1.165) is 57.3 Å². The van der Waals surface area contributed by atoms with Crippen molar-refractivity contribution in [1.82, 2.24) is 19.9 Å². The normalized spacial score (nSPS) is 18.5. The molecule has 0 saturated heterocycles. The summed E-state index contributed by atoms with van der Waals surface area (Å²) >= 11 is 3.10. The van der Waals surface area contributed by atoms with Gasteiger partial charge < -0.3 is 9.88 Å². The molecule has 1 aliphatic carbocycles. The van der Waals surface area contributed by atoms with Crippen LogP contribution in [0.4, 0.5) is 0 Å². The summed E-state index contributed by atoms with van der Waals surface area (Å²) in [6, 6.07) is 10.0. The second-order valence-corrected chi connectivity index (χ2v) is 10.7. The zero-order valence-electron chi connectivity index (χ0n) is 18.7. The smallest absolute Gasteiger partial charge is 0.261 e. The molecule has 0 bridgehead atoms. The van der Waals surface area contributed by atoms with Crippen LogP contribution in [0.5, 0.6) is 0 Å². The molecule has 2 unspecified atom stereocenters. The second-order valence-electron chi connectivity index (χ2n) is 8.52. The number of carbonyl (C=O) groups excluding carboxylic acids is 2. The maximum Gasteiger partial charge on any atom is 0.261 e. The van der Waals surface area contributed by atoms with Gasteiger partial charge in [0.1, 0.15) is 0 Å². The maximum atomic E-state index is 12.8. The fourth-order valence-electron chi connectivity index (χ4n) is 4.67. The van der Waals surface area contributed by atoms with Crippen molar-refractivity contribution in [3.05, 3.63) is 57.2 Å². The molecule has 2 atom stereocenters. The van der Waals surface area contributed by atoms with Crippen LogP contribution in [0, 0.1) is 6.92 Å². The van der Waals surface area contributed by atoms with Crippen molar-refractivity contribution in [1.29, 1.82) is 0 Å². The van der Waals surface area contributed by atoms with Gasteiger partial charge in [0.15, 0.2) is 16.6 Å². The summed E-state index contributed by atoms with van der Waals surface area (Å²) in [5.41, 5.74) is 2.53. The highest BCUT2D eigenvalue weighted by Crippen LogP contribution is 2.37. The quantitative estimate of drug-likeness (QED) is 0.343. The number of hydrogen-bond acceptors (Lipinski definition) is 6. The van der Waals surface area contributed by atoms with Gasteiger partial charge in [-0.15, -0.1) is 22.7 Å². The molecular formula is C25H26N4O2S2. The zero-order valence-corrected chi connectivity index (χ0v) is 20.3. The van der Waals surface area contributed by atoms with Gasteiger partial charge in [-0.05, 0) is 62.9 Å². The van der Waals surface area contributed by atoms with Crippen LogP contribution in [0.15, 0.2) is 41.9 Å². The highest BCUT2D eigenvalue weighted by atomic mass is 32.1. The largest absolute Gasteiger partial charge is 0.349 e. The van der Waals surface area contributed by atoms with E-state index in [2.05, 4.69) is 14.9 Å². The third-order valence-electron chi connectivity index (χ3n) is 6.27. The van der Waals surface area contributed by atoms with Gasteiger partial charge in [-0.1, -0.05) is 6.92 Å². The van der Waals surface area contributed by atoms with E-state index in [9.17, 15) is 9.59 Å². The molecule has 1 aliphatic rings. The minimum absolute atomic E-state index is 0.0112. The van der Waals surface area contributed by atoms with E-state index in [-0.39, 0.29) is 23.8 Å². The lowest BCUT2D eigenvalue weighted by atomic mass is 9.90. The number of nitrogens with one attached hydrogen (secondary N) is 1. The van der Waals surface area contributed by atoms with Gasteiger partial charge in [0, 0.05) is 40.5 Å². The summed E-state index contributed by atoms with van der Waals surface area (Å²) in [6.45, 7) is 3.89. The van der Waals surface area contributed by atoms with E-state index in [1.165, 1.54) is 11.3 Å². The molecule has 6 nitrogen and oxygen atoms in total. The Balaban J connectivity index is 1.47. The molecule has 1 N–H and O–H groups in total. The van der Waals surface area contributed by atoms with Gasteiger partial charge in [0.25, 0.3) is 5.91 Å². The first-order chi connectivity index (χ1) is 16.0. The molecule has 1 fully saturated rings. The van der Waals surface area contributed by atoms with Crippen molar-refractivity contribution in [2.75, 3.05) is 0 Å². The van der Waals surface area contributed by atoms with Crippen LogP contribution in [-0.4, -0.2) is 32.3 Å². The van der Waals surface area contributed by atoms with E-state index in [0.29, 0.717) is 12.0 Å². The number of carbonyl (C=O) groups is 2.